The topological polar surface area (TPSA) is 110 Å². The molecule has 1 aliphatic heterocycles. The van der Waals surface area contributed by atoms with E-state index in [1.807, 2.05) is 0 Å². The number of carbonyl (C=O) groups is 2. The van der Waals surface area contributed by atoms with Gasteiger partial charge in [-0.1, -0.05) is 11.6 Å². The van der Waals surface area contributed by atoms with Crippen LogP contribution in [0.3, 0.4) is 0 Å². The number of benzene rings is 1. The van der Waals surface area contributed by atoms with Crippen LogP contribution in [-0.2, 0) is 11.3 Å². The zero-order valence-electron chi connectivity index (χ0n) is 21.6. The van der Waals surface area contributed by atoms with Crippen molar-refractivity contribution in [2.75, 3.05) is 38.5 Å². The van der Waals surface area contributed by atoms with Crippen molar-refractivity contribution < 1.29 is 23.1 Å². The molecule has 4 aromatic rings. The van der Waals surface area contributed by atoms with E-state index in [0.29, 0.717) is 18.7 Å². The minimum absolute atomic E-state index is 0.109. The molecule has 5 rings (SSSR count). The molecule has 14 heteroatoms. The van der Waals surface area contributed by atoms with E-state index >= 15 is 0 Å². The summed E-state index contributed by atoms with van der Waals surface area (Å²) >= 11 is 6.19. The van der Waals surface area contributed by atoms with E-state index in [0.717, 1.165) is 25.9 Å². The lowest BCUT2D eigenvalue weighted by Crippen LogP contribution is -2.40. The van der Waals surface area contributed by atoms with Crippen LogP contribution in [0.25, 0.3) is 16.9 Å². The van der Waals surface area contributed by atoms with Gasteiger partial charge >= 0.3 is 6.61 Å². The van der Waals surface area contributed by atoms with Crippen LogP contribution < -0.4 is 10.1 Å². The third-order valence-electron chi connectivity index (χ3n) is 6.53. The standard InChI is InChI=1S/C26H27ClF2N8O3/c1-34-8-3-10-35(11-4-9-34)22(38)16-36-15-20(32-25(39)19-14-31-37-12-2-7-30-24(19)37)23(33-36)18-13-17(27)5-6-21(18)40-26(28)29/h2,5-7,12-15,26H,3-4,8-11,16H2,1H3,(H,32,39). The summed E-state index contributed by atoms with van der Waals surface area (Å²) in [5.74, 6) is -0.873. The number of aromatic nitrogens is 5. The molecule has 40 heavy (non-hydrogen) atoms. The Balaban J connectivity index is 1.48. The highest BCUT2D eigenvalue weighted by Crippen LogP contribution is 2.37. The van der Waals surface area contributed by atoms with E-state index in [4.69, 9.17) is 16.3 Å². The lowest BCUT2D eigenvalue weighted by molar-refractivity contribution is -0.132. The van der Waals surface area contributed by atoms with Crippen molar-refractivity contribution in [3.8, 4) is 17.0 Å². The van der Waals surface area contributed by atoms with Gasteiger partial charge in [0.05, 0.1) is 11.9 Å². The highest BCUT2D eigenvalue weighted by molar-refractivity contribution is 6.31. The average molecular weight is 573 g/mol. The van der Waals surface area contributed by atoms with Gasteiger partial charge in [-0.05, 0) is 57.2 Å². The van der Waals surface area contributed by atoms with Crippen LogP contribution in [0, 0.1) is 0 Å². The van der Waals surface area contributed by atoms with Gasteiger partial charge in [0.2, 0.25) is 5.91 Å². The fourth-order valence-electron chi connectivity index (χ4n) is 4.63. The summed E-state index contributed by atoms with van der Waals surface area (Å²) in [5, 5.41) is 11.7. The molecule has 0 radical (unpaired) electrons. The second-order valence-corrected chi connectivity index (χ2v) is 9.84. The van der Waals surface area contributed by atoms with Crippen LogP contribution in [0.15, 0.2) is 49.1 Å². The molecule has 1 aliphatic rings. The van der Waals surface area contributed by atoms with Gasteiger partial charge in [0.1, 0.15) is 23.6 Å². The van der Waals surface area contributed by atoms with E-state index in [-0.39, 0.29) is 45.7 Å². The van der Waals surface area contributed by atoms with E-state index < -0.39 is 12.5 Å². The zero-order chi connectivity index (χ0) is 28.2. The molecule has 0 spiro atoms. The summed E-state index contributed by atoms with van der Waals surface area (Å²) in [7, 11) is 2.06. The predicted molar refractivity (Wildman–Crippen MR) is 144 cm³/mol. The highest BCUT2D eigenvalue weighted by atomic mass is 35.5. The second-order valence-electron chi connectivity index (χ2n) is 9.40. The number of nitrogens with zero attached hydrogens (tertiary/aromatic N) is 7. The first-order chi connectivity index (χ1) is 19.3. The third-order valence-corrected chi connectivity index (χ3v) is 6.77. The summed E-state index contributed by atoms with van der Waals surface area (Å²) in [6, 6.07) is 5.79. The Morgan fingerprint density at radius 2 is 1.95 bits per heavy atom. The van der Waals surface area contributed by atoms with Gasteiger partial charge in [-0.25, -0.2) is 9.50 Å². The molecule has 0 aliphatic carbocycles. The predicted octanol–water partition coefficient (Wildman–Crippen LogP) is 3.65. The number of rotatable bonds is 7. The van der Waals surface area contributed by atoms with Gasteiger partial charge < -0.3 is 19.9 Å². The number of amides is 2. The number of ether oxygens (including phenoxy) is 1. The van der Waals surface area contributed by atoms with Gasteiger partial charge in [-0.3, -0.25) is 14.3 Å². The van der Waals surface area contributed by atoms with Crippen LogP contribution in [0.4, 0.5) is 14.5 Å². The average Bonchev–Trinajstić information content (AvgIpc) is 3.51. The highest BCUT2D eigenvalue weighted by Gasteiger charge is 2.24. The Bertz CT molecular complexity index is 1510. The fourth-order valence-corrected chi connectivity index (χ4v) is 4.80. The first-order valence-corrected chi connectivity index (χ1v) is 13.0. The number of hydrogen-bond acceptors (Lipinski definition) is 7. The van der Waals surface area contributed by atoms with Gasteiger partial charge in [-0.2, -0.15) is 19.0 Å². The molecule has 1 aromatic carbocycles. The Hall–Kier alpha value is -4.10. The van der Waals surface area contributed by atoms with Crippen LogP contribution in [0.5, 0.6) is 5.75 Å². The van der Waals surface area contributed by atoms with Crippen molar-refractivity contribution in [3.05, 3.63) is 59.6 Å². The fraction of sp³-hybridized carbons (Fsp3) is 0.346. The molecule has 0 unspecified atom stereocenters. The van der Waals surface area contributed by atoms with Crippen molar-refractivity contribution in [1.82, 2.24) is 34.2 Å². The molecule has 4 heterocycles. The minimum atomic E-state index is -3.10. The van der Waals surface area contributed by atoms with E-state index in [2.05, 4.69) is 32.4 Å². The number of anilines is 1. The normalized spacial score (nSPS) is 14.8. The van der Waals surface area contributed by atoms with Crippen molar-refractivity contribution >= 4 is 34.7 Å². The number of fused-ring (bicyclic) bond motifs is 1. The van der Waals surface area contributed by atoms with Gasteiger partial charge in [0.25, 0.3) is 5.91 Å². The van der Waals surface area contributed by atoms with Crippen molar-refractivity contribution in [3.63, 3.8) is 0 Å². The number of carbonyl (C=O) groups excluding carboxylic acids is 2. The Labute approximate surface area is 233 Å². The second kappa shape index (κ2) is 12.0. The largest absolute Gasteiger partial charge is 0.434 e. The molecule has 0 saturated carbocycles. The van der Waals surface area contributed by atoms with Crippen LogP contribution in [0.1, 0.15) is 23.2 Å². The number of nitrogens with one attached hydrogen (secondary N) is 1. The van der Waals surface area contributed by atoms with Crippen molar-refractivity contribution in [1.29, 1.82) is 0 Å². The van der Waals surface area contributed by atoms with E-state index in [1.54, 1.807) is 17.2 Å². The van der Waals surface area contributed by atoms with Crippen LogP contribution in [0.2, 0.25) is 5.02 Å². The smallest absolute Gasteiger partial charge is 0.387 e. The maximum atomic E-state index is 13.3. The lowest BCUT2D eigenvalue weighted by Gasteiger charge is -2.28. The molecule has 3 aromatic heterocycles. The van der Waals surface area contributed by atoms with Crippen molar-refractivity contribution in [2.45, 2.75) is 26.0 Å². The number of alkyl halides is 2. The SMILES string of the molecule is CN1CCCN(C(=O)Cn2cc(NC(=O)c3cnn4cccnc34)c(-c3cc(Cl)ccc3OC(F)F)n2)CCC1. The molecular weight excluding hydrogens is 546 g/mol. The minimum Gasteiger partial charge on any atom is -0.434 e. The molecule has 0 atom stereocenters. The van der Waals surface area contributed by atoms with Gasteiger partial charge in [0.15, 0.2) is 5.65 Å². The van der Waals surface area contributed by atoms with Crippen molar-refractivity contribution in [2.24, 2.45) is 0 Å². The molecule has 11 nitrogen and oxygen atoms in total. The quantitative estimate of drug-likeness (QED) is 0.360. The Morgan fingerprint density at radius 1 is 1.18 bits per heavy atom. The summed E-state index contributed by atoms with van der Waals surface area (Å²) < 4.78 is 34.0. The maximum absolute atomic E-state index is 13.3. The van der Waals surface area contributed by atoms with Gasteiger partial charge in [0, 0.05) is 42.3 Å². The van der Waals surface area contributed by atoms with E-state index in [1.165, 1.54) is 46.0 Å². The maximum Gasteiger partial charge on any atom is 0.387 e. The number of hydrogen-bond donors (Lipinski definition) is 1. The molecule has 210 valence electrons. The molecule has 1 N–H and O–H groups in total. The molecule has 1 fully saturated rings. The van der Waals surface area contributed by atoms with E-state index in [9.17, 15) is 18.4 Å². The summed E-state index contributed by atoms with van der Waals surface area (Å²) in [5.41, 5.74) is 0.927. The molecule has 0 bridgehead atoms. The zero-order valence-corrected chi connectivity index (χ0v) is 22.4. The van der Waals surface area contributed by atoms with Gasteiger partial charge in [-0.15, -0.1) is 0 Å². The third kappa shape index (κ3) is 6.20. The lowest BCUT2D eigenvalue weighted by atomic mass is 10.1. The summed E-state index contributed by atoms with van der Waals surface area (Å²) in [6.45, 7) is -0.190. The number of halogens is 3. The molecule has 2 amide bonds. The van der Waals surface area contributed by atoms with Crippen LogP contribution in [-0.4, -0.2) is 85.8 Å². The summed E-state index contributed by atoms with van der Waals surface area (Å²) in [4.78, 5) is 34.7. The Kier molecular flexibility index (Phi) is 8.21. The Morgan fingerprint density at radius 3 is 2.70 bits per heavy atom. The first-order valence-electron chi connectivity index (χ1n) is 12.7. The van der Waals surface area contributed by atoms with Crippen LogP contribution >= 0.6 is 11.6 Å². The monoisotopic (exact) mass is 572 g/mol. The molecule has 1 saturated heterocycles. The molecular formula is C26H27ClF2N8O3. The summed E-state index contributed by atoms with van der Waals surface area (Å²) in [6.07, 6.45) is 7.73. The first kappa shape index (κ1) is 27.5.